The Bertz CT molecular complexity index is 384. The zero-order valence-electron chi connectivity index (χ0n) is 10.2. The van der Waals surface area contributed by atoms with Gasteiger partial charge in [0.05, 0.1) is 0 Å². The van der Waals surface area contributed by atoms with Gasteiger partial charge in [-0.25, -0.2) is 4.98 Å². The monoisotopic (exact) mass is 300 g/mol. The van der Waals surface area contributed by atoms with Crippen molar-refractivity contribution in [3.63, 3.8) is 0 Å². The number of nitrogens with zero attached hydrogens (tertiary/aromatic N) is 1. The van der Waals surface area contributed by atoms with Gasteiger partial charge in [0.15, 0.2) is 0 Å². The Morgan fingerprint density at radius 2 is 2.18 bits per heavy atom. The highest BCUT2D eigenvalue weighted by molar-refractivity contribution is 9.10. The minimum absolute atomic E-state index is 0.389. The van der Waals surface area contributed by atoms with Crippen LogP contribution in [0, 0.1) is 0 Å². The van der Waals surface area contributed by atoms with E-state index in [1.807, 2.05) is 32.9 Å². The average Bonchev–Trinajstić information content (AvgIpc) is 2.19. The second-order valence-electron chi connectivity index (χ2n) is 4.83. The highest BCUT2D eigenvalue weighted by atomic mass is 79.9. The zero-order valence-corrected chi connectivity index (χ0v) is 11.8. The van der Waals surface area contributed by atoms with E-state index in [2.05, 4.69) is 20.9 Å². The minimum atomic E-state index is -0.655. The number of ether oxygens (including phenoxy) is 1. The maximum atomic E-state index is 11.7. The molecule has 0 bridgehead atoms. The summed E-state index contributed by atoms with van der Waals surface area (Å²) in [6.07, 6.45) is 2.11. The van der Waals surface area contributed by atoms with Crippen LogP contribution >= 0.6 is 15.9 Å². The molecule has 94 valence electrons. The first-order valence-electron chi connectivity index (χ1n) is 5.37. The number of esters is 1. The molecule has 1 rings (SSSR count). The average molecular weight is 301 g/mol. The lowest BCUT2D eigenvalue weighted by molar-refractivity contribution is -0.156. The Kier molecular flexibility index (Phi) is 4.65. The predicted octanol–water partition coefficient (Wildman–Crippen LogP) is 2.06. The van der Waals surface area contributed by atoms with Crippen LogP contribution in [0.15, 0.2) is 22.9 Å². The number of carbonyl (C=O) groups excluding carboxylic acids is 1. The third-order valence-corrected chi connectivity index (χ3v) is 2.42. The Labute approximate surface area is 110 Å². The topological polar surface area (TPSA) is 65.2 Å². The van der Waals surface area contributed by atoms with E-state index in [4.69, 9.17) is 10.5 Å². The number of nitrogens with two attached hydrogens (primary N) is 1. The number of carbonyl (C=O) groups is 1. The molecule has 0 aliphatic carbocycles. The highest BCUT2D eigenvalue weighted by Crippen LogP contribution is 2.11. The molecule has 5 heteroatoms. The van der Waals surface area contributed by atoms with Crippen molar-refractivity contribution < 1.29 is 9.53 Å². The largest absolute Gasteiger partial charge is 0.459 e. The van der Waals surface area contributed by atoms with Gasteiger partial charge in [0.25, 0.3) is 0 Å². The van der Waals surface area contributed by atoms with Crippen LogP contribution in [0.3, 0.4) is 0 Å². The van der Waals surface area contributed by atoms with E-state index in [-0.39, 0.29) is 5.97 Å². The summed E-state index contributed by atoms with van der Waals surface area (Å²) in [6.45, 7) is 5.45. The molecule has 0 radical (unpaired) electrons. The first-order chi connectivity index (χ1) is 7.78. The quantitative estimate of drug-likeness (QED) is 0.685. The lowest BCUT2D eigenvalue weighted by atomic mass is 10.1. The van der Waals surface area contributed by atoms with Gasteiger partial charge in [-0.2, -0.15) is 0 Å². The summed E-state index contributed by atoms with van der Waals surface area (Å²) in [5.74, 6) is -0.389. The molecule has 17 heavy (non-hydrogen) atoms. The molecule has 0 saturated carbocycles. The number of hydrogen-bond donors (Lipinski definition) is 1. The molecule has 0 saturated heterocycles. The van der Waals surface area contributed by atoms with Crippen molar-refractivity contribution >= 4 is 21.9 Å². The van der Waals surface area contributed by atoms with E-state index >= 15 is 0 Å². The van der Waals surface area contributed by atoms with Gasteiger partial charge in [-0.1, -0.05) is 6.07 Å². The number of rotatable bonds is 3. The van der Waals surface area contributed by atoms with Gasteiger partial charge in [0.1, 0.15) is 16.2 Å². The van der Waals surface area contributed by atoms with Gasteiger partial charge in [-0.15, -0.1) is 0 Å². The van der Waals surface area contributed by atoms with Crippen LogP contribution in [-0.2, 0) is 16.0 Å². The molecular weight excluding hydrogens is 284 g/mol. The molecule has 0 amide bonds. The molecule has 1 heterocycles. The number of aromatic nitrogens is 1. The summed E-state index contributed by atoms with van der Waals surface area (Å²) in [5.41, 5.74) is 6.18. The van der Waals surface area contributed by atoms with E-state index in [0.717, 1.165) is 10.2 Å². The standard InChI is InChI=1S/C12H17BrN2O2/c1-12(2,3)17-11(16)9(14)6-8-4-5-10(13)15-7-8/h4-5,7,9H,6,14H2,1-3H3. The first kappa shape index (κ1) is 14.1. The van der Waals surface area contributed by atoms with Crippen LogP contribution in [-0.4, -0.2) is 22.6 Å². The SMILES string of the molecule is CC(C)(C)OC(=O)C(N)Cc1ccc(Br)nc1. The Balaban J connectivity index is 2.57. The fourth-order valence-electron chi connectivity index (χ4n) is 1.24. The Morgan fingerprint density at radius 1 is 1.53 bits per heavy atom. The van der Waals surface area contributed by atoms with Crippen LogP contribution in [0.5, 0.6) is 0 Å². The van der Waals surface area contributed by atoms with E-state index in [9.17, 15) is 4.79 Å². The molecule has 4 nitrogen and oxygen atoms in total. The lowest BCUT2D eigenvalue weighted by Crippen LogP contribution is -2.38. The Hall–Kier alpha value is -0.940. The molecule has 0 aliphatic rings. The summed E-state index contributed by atoms with van der Waals surface area (Å²) < 4.78 is 5.96. The molecular formula is C12H17BrN2O2. The first-order valence-corrected chi connectivity index (χ1v) is 6.16. The van der Waals surface area contributed by atoms with Crippen molar-refractivity contribution in [2.45, 2.75) is 38.8 Å². The number of hydrogen-bond acceptors (Lipinski definition) is 4. The van der Waals surface area contributed by atoms with Crippen LogP contribution in [0.4, 0.5) is 0 Å². The summed E-state index contributed by atoms with van der Waals surface area (Å²) >= 11 is 3.25. The van der Waals surface area contributed by atoms with Crippen LogP contribution in [0.2, 0.25) is 0 Å². The van der Waals surface area contributed by atoms with Crippen molar-refractivity contribution in [2.75, 3.05) is 0 Å². The van der Waals surface area contributed by atoms with E-state index in [1.54, 1.807) is 6.20 Å². The molecule has 2 N–H and O–H groups in total. The molecule has 0 fully saturated rings. The summed E-state index contributed by atoms with van der Waals surface area (Å²) in [7, 11) is 0. The van der Waals surface area contributed by atoms with Gasteiger partial charge >= 0.3 is 5.97 Å². The minimum Gasteiger partial charge on any atom is -0.459 e. The molecule has 1 atom stereocenters. The van der Waals surface area contributed by atoms with Crippen molar-refractivity contribution in [2.24, 2.45) is 5.73 Å². The van der Waals surface area contributed by atoms with Gasteiger partial charge in [0, 0.05) is 6.20 Å². The second-order valence-corrected chi connectivity index (χ2v) is 5.65. The van der Waals surface area contributed by atoms with Crippen LogP contribution in [0.1, 0.15) is 26.3 Å². The molecule has 0 spiro atoms. The number of halogens is 1. The van der Waals surface area contributed by atoms with Crippen molar-refractivity contribution in [3.8, 4) is 0 Å². The molecule has 0 aromatic carbocycles. The lowest BCUT2D eigenvalue weighted by Gasteiger charge is -2.22. The zero-order chi connectivity index (χ0) is 13.1. The molecule has 1 aromatic rings. The van der Waals surface area contributed by atoms with Crippen LogP contribution in [0.25, 0.3) is 0 Å². The van der Waals surface area contributed by atoms with Gasteiger partial charge in [0.2, 0.25) is 0 Å². The number of pyridine rings is 1. The summed E-state index contributed by atoms with van der Waals surface area (Å²) in [6, 6.07) is 3.04. The van der Waals surface area contributed by atoms with E-state index in [0.29, 0.717) is 6.42 Å². The van der Waals surface area contributed by atoms with Crippen molar-refractivity contribution in [3.05, 3.63) is 28.5 Å². The third kappa shape index (κ3) is 5.28. The van der Waals surface area contributed by atoms with Gasteiger partial charge in [-0.3, -0.25) is 4.79 Å². The smallest absolute Gasteiger partial charge is 0.323 e. The summed E-state index contributed by atoms with van der Waals surface area (Å²) in [4.78, 5) is 15.7. The fraction of sp³-hybridized carbons (Fsp3) is 0.500. The second kappa shape index (κ2) is 5.60. The maximum Gasteiger partial charge on any atom is 0.323 e. The maximum absolute atomic E-state index is 11.7. The Morgan fingerprint density at radius 3 is 2.65 bits per heavy atom. The highest BCUT2D eigenvalue weighted by Gasteiger charge is 2.22. The van der Waals surface area contributed by atoms with Crippen molar-refractivity contribution in [1.29, 1.82) is 0 Å². The molecule has 0 aliphatic heterocycles. The predicted molar refractivity (Wildman–Crippen MR) is 69.5 cm³/mol. The third-order valence-electron chi connectivity index (χ3n) is 1.95. The van der Waals surface area contributed by atoms with Gasteiger partial charge in [-0.05, 0) is 54.8 Å². The normalized spacial score (nSPS) is 13.2. The molecule has 1 unspecified atom stereocenters. The van der Waals surface area contributed by atoms with Crippen molar-refractivity contribution in [1.82, 2.24) is 4.98 Å². The van der Waals surface area contributed by atoms with Crippen LogP contribution < -0.4 is 5.73 Å². The molecule has 1 aromatic heterocycles. The summed E-state index contributed by atoms with van der Waals surface area (Å²) in [5, 5.41) is 0. The van der Waals surface area contributed by atoms with E-state index < -0.39 is 11.6 Å². The fourth-order valence-corrected chi connectivity index (χ4v) is 1.48. The van der Waals surface area contributed by atoms with E-state index in [1.165, 1.54) is 0 Å². The van der Waals surface area contributed by atoms with Gasteiger partial charge < -0.3 is 10.5 Å².